The number of hydrogen-bond donors (Lipinski definition) is 0. The number of halogens is 2. The largest absolute Gasteiger partial charge is 0.345 e. The Kier molecular flexibility index (Phi) is 4.37. The Morgan fingerprint density at radius 3 is 2.71 bits per heavy atom. The third-order valence-corrected chi connectivity index (χ3v) is 2.27. The highest BCUT2D eigenvalue weighted by Gasteiger charge is 2.16. The van der Waals surface area contributed by atoms with Crippen LogP contribution in [-0.2, 0) is 11.3 Å². The number of rotatable bonds is 4. The van der Waals surface area contributed by atoms with Crippen molar-refractivity contribution < 1.29 is 13.6 Å². The maximum Gasteiger partial charge on any atom is 0.295 e. The molecule has 0 radical (unpaired) electrons. The number of carbonyl (C=O) groups is 1. The minimum Gasteiger partial charge on any atom is -0.345 e. The van der Waals surface area contributed by atoms with Crippen LogP contribution in [0, 0.1) is 0 Å². The molecule has 0 aliphatic heterocycles. The topological polar surface area (TPSA) is 38.1 Å². The Bertz CT molecular complexity index is 424. The number of carbonyl (C=O) groups excluding carboxylic acids is 1. The van der Waals surface area contributed by atoms with Crippen LogP contribution in [0.1, 0.15) is 24.9 Å². The SMILES string of the molecule is CCn1c(/C=C/C(=O)N(C)C)cnc1C(F)F. The van der Waals surface area contributed by atoms with E-state index in [9.17, 15) is 13.6 Å². The Balaban J connectivity index is 2.96. The van der Waals surface area contributed by atoms with Crippen molar-refractivity contribution in [1.29, 1.82) is 0 Å². The fourth-order valence-corrected chi connectivity index (χ4v) is 1.36. The van der Waals surface area contributed by atoms with Gasteiger partial charge in [-0.1, -0.05) is 0 Å². The molecule has 0 aromatic carbocycles. The number of nitrogens with zero attached hydrogens (tertiary/aromatic N) is 3. The first-order valence-electron chi connectivity index (χ1n) is 5.20. The Labute approximate surface area is 98.6 Å². The second kappa shape index (κ2) is 5.56. The van der Waals surface area contributed by atoms with Crippen molar-refractivity contribution in [2.45, 2.75) is 19.9 Å². The first kappa shape index (κ1) is 13.3. The highest BCUT2D eigenvalue weighted by Crippen LogP contribution is 2.19. The number of imidazole rings is 1. The highest BCUT2D eigenvalue weighted by molar-refractivity contribution is 5.91. The maximum atomic E-state index is 12.6. The Hall–Kier alpha value is -1.72. The van der Waals surface area contributed by atoms with Gasteiger partial charge in [-0.25, -0.2) is 13.8 Å². The normalized spacial score (nSPS) is 11.4. The van der Waals surface area contributed by atoms with E-state index in [4.69, 9.17) is 0 Å². The second-order valence-corrected chi connectivity index (χ2v) is 3.65. The van der Waals surface area contributed by atoms with Gasteiger partial charge in [0, 0.05) is 26.7 Å². The summed E-state index contributed by atoms with van der Waals surface area (Å²) in [6, 6.07) is 0. The van der Waals surface area contributed by atoms with Crippen LogP contribution in [-0.4, -0.2) is 34.5 Å². The van der Waals surface area contributed by atoms with Gasteiger partial charge in [0.15, 0.2) is 5.82 Å². The molecule has 0 N–H and O–H groups in total. The molecule has 0 unspecified atom stereocenters. The standard InChI is InChI=1S/C11H15F2N3O/c1-4-16-8(5-6-9(17)15(2)3)7-14-11(16)10(12)13/h5-7,10H,4H2,1-3H3/b6-5+. The summed E-state index contributed by atoms with van der Waals surface area (Å²) in [4.78, 5) is 16.4. The van der Waals surface area contributed by atoms with Crippen LogP contribution in [0.4, 0.5) is 8.78 Å². The summed E-state index contributed by atoms with van der Waals surface area (Å²) in [5, 5.41) is 0. The monoisotopic (exact) mass is 243 g/mol. The fourth-order valence-electron chi connectivity index (χ4n) is 1.36. The zero-order valence-electron chi connectivity index (χ0n) is 10.0. The lowest BCUT2D eigenvalue weighted by molar-refractivity contribution is -0.123. The van der Waals surface area contributed by atoms with Gasteiger partial charge in [-0.05, 0) is 13.0 Å². The molecule has 6 heteroatoms. The summed E-state index contributed by atoms with van der Waals surface area (Å²) in [5.41, 5.74) is 0.498. The van der Waals surface area contributed by atoms with Crippen LogP contribution < -0.4 is 0 Å². The van der Waals surface area contributed by atoms with Crippen molar-refractivity contribution in [2.75, 3.05) is 14.1 Å². The van der Waals surface area contributed by atoms with E-state index in [0.717, 1.165) is 0 Å². The molecule has 0 bridgehead atoms. The van der Waals surface area contributed by atoms with E-state index in [1.165, 1.54) is 27.8 Å². The smallest absolute Gasteiger partial charge is 0.295 e. The zero-order valence-corrected chi connectivity index (χ0v) is 10.0. The molecule has 0 saturated heterocycles. The van der Waals surface area contributed by atoms with Crippen LogP contribution in [0.15, 0.2) is 12.3 Å². The van der Waals surface area contributed by atoms with E-state index in [1.54, 1.807) is 21.0 Å². The third kappa shape index (κ3) is 3.12. The predicted molar refractivity (Wildman–Crippen MR) is 60.6 cm³/mol. The molecule has 1 aromatic heterocycles. The predicted octanol–water partition coefficient (Wildman–Crippen LogP) is 1.94. The van der Waals surface area contributed by atoms with Crippen molar-refractivity contribution in [3.05, 3.63) is 23.8 Å². The summed E-state index contributed by atoms with van der Waals surface area (Å²) in [6.45, 7) is 2.13. The number of aromatic nitrogens is 2. The minimum atomic E-state index is -2.61. The van der Waals surface area contributed by atoms with E-state index in [1.807, 2.05) is 0 Å². The first-order valence-corrected chi connectivity index (χ1v) is 5.20. The van der Waals surface area contributed by atoms with Gasteiger partial charge in [-0.2, -0.15) is 0 Å². The van der Waals surface area contributed by atoms with Crippen molar-refractivity contribution in [2.24, 2.45) is 0 Å². The number of alkyl halides is 2. The van der Waals surface area contributed by atoms with Gasteiger partial charge in [0.25, 0.3) is 6.43 Å². The molecule has 0 aliphatic rings. The molecule has 17 heavy (non-hydrogen) atoms. The van der Waals surface area contributed by atoms with Gasteiger partial charge in [-0.3, -0.25) is 4.79 Å². The Morgan fingerprint density at radius 1 is 1.59 bits per heavy atom. The molecule has 1 amide bonds. The van der Waals surface area contributed by atoms with Gasteiger partial charge in [0.05, 0.1) is 11.9 Å². The zero-order chi connectivity index (χ0) is 13.0. The van der Waals surface area contributed by atoms with E-state index in [0.29, 0.717) is 12.2 Å². The molecule has 0 saturated carbocycles. The summed E-state index contributed by atoms with van der Waals surface area (Å²) < 4.78 is 26.5. The molecule has 0 fully saturated rings. The van der Waals surface area contributed by atoms with Crippen LogP contribution in [0.2, 0.25) is 0 Å². The van der Waals surface area contributed by atoms with Gasteiger partial charge >= 0.3 is 0 Å². The third-order valence-electron chi connectivity index (χ3n) is 2.27. The molecule has 1 heterocycles. The molecule has 0 aliphatic carbocycles. The molecular formula is C11H15F2N3O. The number of likely N-dealkylation sites (N-methyl/N-ethyl adjacent to an activating group) is 1. The molecule has 1 aromatic rings. The second-order valence-electron chi connectivity index (χ2n) is 3.65. The highest BCUT2D eigenvalue weighted by atomic mass is 19.3. The lowest BCUT2D eigenvalue weighted by atomic mass is 10.3. The first-order chi connectivity index (χ1) is 7.97. The minimum absolute atomic E-state index is 0.201. The molecule has 4 nitrogen and oxygen atoms in total. The maximum absolute atomic E-state index is 12.6. The Morgan fingerprint density at radius 2 is 2.24 bits per heavy atom. The molecule has 0 spiro atoms. The summed E-state index contributed by atoms with van der Waals surface area (Å²) in [6.07, 6.45) is 1.55. The molecular weight excluding hydrogens is 228 g/mol. The van der Waals surface area contributed by atoms with Crippen LogP contribution in [0.25, 0.3) is 6.08 Å². The van der Waals surface area contributed by atoms with Gasteiger partial charge in [0.2, 0.25) is 5.91 Å². The van der Waals surface area contributed by atoms with E-state index in [-0.39, 0.29) is 11.7 Å². The van der Waals surface area contributed by atoms with Gasteiger partial charge < -0.3 is 9.47 Å². The van der Waals surface area contributed by atoms with Crippen molar-refractivity contribution in [3.63, 3.8) is 0 Å². The molecule has 94 valence electrons. The summed E-state index contributed by atoms with van der Waals surface area (Å²) in [7, 11) is 3.24. The lowest BCUT2D eigenvalue weighted by Gasteiger charge is -2.07. The van der Waals surface area contributed by atoms with Crippen molar-refractivity contribution >= 4 is 12.0 Å². The van der Waals surface area contributed by atoms with Gasteiger partial charge in [0.1, 0.15) is 0 Å². The average molecular weight is 243 g/mol. The molecule has 1 rings (SSSR count). The van der Waals surface area contributed by atoms with Crippen LogP contribution >= 0.6 is 0 Å². The van der Waals surface area contributed by atoms with Crippen LogP contribution in [0.3, 0.4) is 0 Å². The fraction of sp³-hybridized carbons (Fsp3) is 0.455. The van der Waals surface area contributed by atoms with E-state index >= 15 is 0 Å². The van der Waals surface area contributed by atoms with Gasteiger partial charge in [-0.15, -0.1) is 0 Å². The summed E-state index contributed by atoms with van der Waals surface area (Å²) >= 11 is 0. The molecule has 0 atom stereocenters. The van der Waals surface area contributed by atoms with E-state index in [2.05, 4.69) is 4.98 Å². The van der Waals surface area contributed by atoms with Crippen molar-refractivity contribution in [1.82, 2.24) is 14.5 Å². The summed E-state index contributed by atoms with van der Waals surface area (Å²) in [5.74, 6) is -0.475. The number of amides is 1. The van der Waals surface area contributed by atoms with Crippen molar-refractivity contribution in [3.8, 4) is 0 Å². The lowest BCUT2D eigenvalue weighted by Crippen LogP contribution is -2.18. The number of hydrogen-bond acceptors (Lipinski definition) is 2. The van der Waals surface area contributed by atoms with Crippen LogP contribution in [0.5, 0.6) is 0 Å². The quantitative estimate of drug-likeness (QED) is 0.758. The van der Waals surface area contributed by atoms with E-state index < -0.39 is 6.43 Å². The average Bonchev–Trinajstić information content (AvgIpc) is 2.68.